The first-order chi connectivity index (χ1) is 34.0. The van der Waals surface area contributed by atoms with Crippen LogP contribution in [0.1, 0.15) is 278 Å². The maximum Gasteiger partial charge on any atom is 0.306 e. The summed E-state index contributed by atoms with van der Waals surface area (Å²) in [5.74, 6) is -0.904. The van der Waals surface area contributed by atoms with Gasteiger partial charge in [-0.2, -0.15) is 0 Å². The Balaban J connectivity index is 4.41. The minimum Gasteiger partial charge on any atom is -0.462 e. The summed E-state index contributed by atoms with van der Waals surface area (Å²) >= 11 is 0. The van der Waals surface area contributed by atoms with E-state index in [0.29, 0.717) is 19.3 Å². The van der Waals surface area contributed by atoms with Crippen molar-refractivity contribution in [3.05, 3.63) is 85.1 Å². The molecule has 0 N–H and O–H groups in total. The van der Waals surface area contributed by atoms with E-state index in [2.05, 4.69) is 106 Å². The minimum absolute atomic E-state index is 0.0847. The van der Waals surface area contributed by atoms with Crippen molar-refractivity contribution in [3.63, 3.8) is 0 Å². The summed E-state index contributed by atoms with van der Waals surface area (Å²) in [6, 6.07) is 0. The van der Waals surface area contributed by atoms with Gasteiger partial charge < -0.3 is 14.2 Å². The number of carbonyl (C=O) groups is 3. The van der Waals surface area contributed by atoms with Gasteiger partial charge in [-0.1, -0.05) is 254 Å². The Morgan fingerprint density at radius 2 is 0.565 bits per heavy atom. The molecule has 0 rings (SSSR count). The quantitative estimate of drug-likeness (QED) is 0.0262. The first-order valence-corrected chi connectivity index (χ1v) is 29.1. The molecule has 0 amide bonds. The van der Waals surface area contributed by atoms with Gasteiger partial charge in [0.25, 0.3) is 0 Å². The highest BCUT2D eigenvalue weighted by Gasteiger charge is 2.19. The number of allylic oxidation sites excluding steroid dienone is 14. The molecule has 0 heterocycles. The fourth-order valence-corrected chi connectivity index (χ4v) is 8.10. The van der Waals surface area contributed by atoms with Crippen molar-refractivity contribution in [3.8, 4) is 0 Å². The van der Waals surface area contributed by atoms with Crippen LogP contribution in [0.25, 0.3) is 0 Å². The normalized spacial score (nSPS) is 12.7. The van der Waals surface area contributed by atoms with Crippen molar-refractivity contribution in [1.82, 2.24) is 0 Å². The Morgan fingerprint density at radius 1 is 0.304 bits per heavy atom. The topological polar surface area (TPSA) is 78.9 Å². The molecule has 396 valence electrons. The summed E-state index contributed by atoms with van der Waals surface area (Å²) in [4.78, 5) is 38.2. The van der Waals surface area contributed by atoms with E-state index in [9.17, 15) is 14.4 Å². The van der Waals surface area contributed by atoms with E-state index in [0.717, 1.165) is 122 Å². The molecule has 0 aliphatic carbocycles. The number of unbranched alkanes of at least 4 members (excludes halogenated alkanes) is 27. The third-order valence-corrected chi connectivity index (χ3v) is 12.4. The highest BCUT2D eigenvalue weighted by molar-refractivity contribution is 5.71. The van der Waals surface area contributed by atoms with Gasteiger partial charge in [0.2, 0.25) is 0 Å². The zero-order valence-electron chi connectivity index (χ0n) is 45.3. The molecule has 6 nitrogen and oxygen atoms in total. The Labute approximate surface area is 426 Å². The molecule has 0 radical (unpaired) electrons. The van der Waals surface area contributed by atoms with Crippen LogP contribution in [0.3, 0.4) is 0 Å². The third-order valence-electron chi connectivity index (χ3n) is 12.4. The van der Waals surface area contributed by atoms with Crippen LogP contribution >= 0.6 is 0 Å². The lowest BCUT2D eigenvalue weighted by atomic mass is 10.0. The number of esters is 3. The second-order valence-corrected chi connectivity index (χ2v) is 19.1. The Bertz CT molecular complexity index is 1330. The first kappa shape index (κ1) is 65.6. The fraction of sp³-hybridized carbons (Fsp3) is 0.730. The van der Waals surface area contributed by atoms with Gasteiger partial charge in [0, 0.05) is 19.3 Å². The van der Waals surface area contributed by atoms with E-state index in [1.54, 1.807) is 0 Å². The molecule has 69 heavy (non-hydrogen) atoms. The predicted molar refractivity (Wildman–Crippen MR) is 297 cm³/mol. The standard InChI is InChI=1S/C63H108O6/c1-4-7-10-13-16-19-22-25-28-31-32-33-36-38-41-44-47-50-53-56-62(65)68-59-60(69-63(66)57-54-51-48-45-42-39-35-30-27-24-21-18-15-12-9-6-3)58-67-61(64)55-52-49-46-43-40-37-34-29-26-23-20-17-14-11-8-5-2/h7,9-10,12,16,18-19,21,25,27-28,30,32-33,60H,4-6,8,11,13-15,17,20,22-24,26,29,31,34-59H2,1-3H3/b10-7-,12-9-,19-16-,21-18-,28-25-,30-27-,33-32-. The van der Waals surface area contributed by atoms with Crippen LogP contribution < -0.4 is 0 Å². The molecule has 0 fully saturated rings. The lowest BCUT2D eigenvalue weighted by Gasteiger charge is -2.18. The monoisotopic (exact) mass is 961 g/mol. The van der Waals surface area contributed by atoms with Gasteiger partial charge in [-0.25, -0.2) is 0 Å². The Kier molecular flexibility index (Phi) is 54.3. The van der Waals surface area contributed by atoms with Crippen molar-refractivity contribution >= 4 is 17.9 Å². The van der Waals surface area contributed by atoms with Crippen molar-refractivity contribution in [2.45, 2.75) is 284 Å². The summed E-state index contributed by atoms with van der Waals surface area (Å²) < 4.78 is 16.9. The molecule has 6 heteroatoms. The van der Waals surface area contributed by atoms with Gasteiger partial charge in [0.1, 0.15) is 13.2 Å². The molecule has 0 aromatic rings. The Hall–Kier alpha value is -3.41. The van der Waals surface area contributed by atoms with Crippen LogP contribution in [0, 0.1) is 0 Å². The lowest BCUT2D eigenvalue weighted by Crippen LogP contribution is -2.30. The molecule has 0 saturated heterocycles. The van der Waals surface area contributed by atoms with Crippen LogP contribution in [0.5, 0.6) is 0 Å². The molecule has 0 saturated carbocycles. The maximum absolute atomic E-state index is 12.9. The SMILES string of the molecule is CC/C=C\C/C=C\C/C=C\C/C=C\CCCCCCCCC(=O)OCC(COC(=O)CCCCCCCCCCCCCCCCCC)OC(=O)CCCCCCCC/C=C\C/C=C\C/C=C\CC. The first-order valence-electron chi connectivity index (χ1n) is 29.1. The van der Waals surface area contributed by atoms with E-state index in [1.165, 1.54) is 116 Å². The number of hydrogen-bond acceptors (Lipinski definition) is 6. The van der Waals surface area contributed by atoms with Crippen LogP contribution in [0.2, 0.25) is 0 Å². The van der Waals surface area contributed by atoms with Crippen LogP contribution in [-0.2, 0) is 28.6 Å². The van der Waals surface area contributed by atoms with E-state index in [1.807, 2.05) is 0 Å². The Morgan fingerprint density at radius 3 is 0.884 bits per heavy atom. The smallest absolute Gasteiger partial charge is 0.306 e. The highest BCUT2D eigenvalue weighted by Crippen LogP contribution is 2.16. The van der Waals surface area contributed by atoms with Gasteiger partial charge >= 0.3 is 17.9 Å². The molecule has 0 bridgehead atoms. The molecule has 1 unspecified atom stereocenters. The van der Waals surface area contributed by atoms with Gasteiger partial charge in [0.15, 0.2) is 6.10 Å². The zero-order chi connectivity index (χ0) is 50.0. The van der Waals surface area contributed by atoms with E-state index in [-0.39, 0.29) is 31.1 Å². The fourth-order valence-electron chi connectivity index (χ4n) is 8.10. The van der Waals surface area contributed by atoms with Crippen molar-refractivity contribution in [2.75, 3.05) is 13.2 Å². The summed E-state index contributed by atoms with van der Waals surface area (Å²) in [6.07, 6.45) is 74.3. The zero-order valence-corrected chi connectivity index (χ0v) is 45.3. The molecule has 1 atom stereocenters. The minimum atomic E-state index is -0.789. The van der Waals surface area contributed by atoms with Crippen LogP contribution in [0.4, 0.5) is 0 Å². The molecular formula is C63H108O6. The third kappa shape index (κ3) is 55.4. The highest BCUT2D eigenvalue weighted by atomic mass is 16.6. The second kappa shape index (κ2) is 57.2. The van der Waals surface area contributed by atoms with E-state index < -0.39 is 6.10 Å². The molecule has 0 aliphatic heterocycles. The lowest BCUT2D eigenvalue weighted by molar-refractivity contribution is -0.167. The average molecular weight is 962 g/mol. The van der Waals surface area contributed by atoms with Crippen LogP contribution in [0.15, 0.2) is 85.1 Å². The average Bonchev–Trinajstić information content (AvgIpc) is 3.35. The van der Waals surface area contributed by atoms with Crippen LogP contribution in [-0.4, -0.2) is 37.2 Å². The van der Waals surface area contributed by atoms with Gasteiger partial charge in [0.05, 0.1) is 0 Å². The summed E-state index contributed by atoms with van der Waals surface area (Å²) in [5, 5.41) is 0. The number of carbonyl (C=O) groups excluding carboxylic acids is 3. The molecule has 0 aromatic carbocycles. The second-order valence-electron chi connectivity index (χ2n) is 19.1. The molecule has 0 spiro atoms. The molecule has 0 aliphatic rings. The maximum atomic E-state index is 12.9. The van der Waals surface area contributed by atoms with E-state index >= 15 is 0 Å². The number of hydrogen-bond donors (Lipinski definition) is 0. The van der Waals surface area contributed by atoms with Gasteiger partial charge in [-0.3, -0.25) is 14.4 Å². The summed E-state index contributed by atoms with van der Waals surface area (Å²) in [6.45, 7) is 6.42. The van der Waals surface area contributed by atoms with Gasteiger partial charge in [-0.15, -0.1) is 0 Å². The molecule has 0 aromatic heterocycles. The summed E-state index contributed by atoms with van der Waals surface area (Å²) in [7, 11) is 0. The summed E-state index contributed by atoms with van der Waals surface area (Å²) in [5.41, 5.74) is 0. The van der Waals surface area contributed by atoms with E-state index in [4.69, 9.17) is 14.2 Å². The van der Waals surface area contributed by atoms with Crippen molar-refractivity contribution < 1.29 is 28.6 Å². The van der Waals surface area contributed by atoms with Crippen molar-refractivity contribution in [2.24, 2.45) is 0 Å². The number of rotatable bonds is 52. The van der Waals surface area contributed by atoms with Gasteiger partial charge in [-0.05, 0) is 89.9 Å². The largest absolute Gasteiger partial charge is 0.462 e. The molecular weight excluding hydrogens is 853 g/mol. The predicted octanol–water partition coefficient (Wildman–Crippen LogP) is 19.5. The van der Waals surface area contributed by atoms with Crippen molar-refractivity contribution in [1.29, 1.82) is 0 Å². The number of ether oxygens (including phenoxy) is 3.